The van der Waals surface area contributed by atoms with Gasteiger partial charge in [-0.3, -0.25) is 4.79 Å². The molecule has 0 aliphatic carbocycles. The molecule has 0 spiro atoms. The zero-order valence-electron chi connectivity index (χ0n) is 12.2. The van der Waals surface area contributed by atoms with Crippen LogP contribution in [0, 0.1) is 0 Å². The maximum absolute atomic E-state index is 11.8. The minimum Gasteiger partial charge on any atom is -0.464 e. The lowest BCUT2D eigenvalue weighted by atomic mass is 10.1. The molecule has 0 saturated heterocycles. The number of ketones is 1. The number of rotatable bonds is 3. The summed E-state index contributed by atoms with van der Waals surface area (Å²) in [6, 6.07) is 10.9. The summed E-state index contributed by atoms with van der Waals surface area (Å²) in [5.74, 6) is -0.445. The minimum atomic E-state index is -0.470. The molecule has 2 aromatic heterocycles. The van der Waals surface area contributed by atoms with Crippen molar-refractivity contribution >= 4 is 17.3 Å². The molecule has 0 N–H and O–H groups in total. The molecule has 0 aliphatic heterocycles. The number of hydrogen-bond donors (Lipinski definition) is 0. The zero-order valence-corrected chi connectivity index (χ0v) is 12.2. The molecule has 1 aromatic carbocycles. The molecule has 0 atom stereocenters. The van der Waals surface area contributed by atoms with E-state index in [-0.39, 0.29) is 11.5 Å². The van der Waals surface area contributed by atoms with Crippen LogP contribution < -0.4 is 0 Å². The van der Waals surface area contributed by atoms with Gasteiger partial charge < -0.3 is 9.14 Å². The molecule has 2 heterocycles. The Kier molecular flexibility index (Phi) is 3.47. The van der Waals surface area contributed by atoms with Crippen LogP contribution in [0.2, 0.25) is 0 Å². The van der Waals surface area contributed by atoms with Crippen molar-refractivity contribution in [1.29, 1.82) is 0 Å². The second kappa shape index (κ2) is 5.44. The summed E-state index contributed by atoms with van der Waals surface area (Å²) in [6.07, 6.45) is 3.49. The van der Waals surface area contributed by atoms with E-state index in [1.165, 1.54) is 14.0 Å². The number of aromatic nitrogens is 2. The second-order valence-corrected chi connectivity index (χ2v) is 4.88. The number of nitrogens with zero attached hydrogens (tertiary/aromatic N) is 2. The fraction of sp³-hybridized carbons (Fsp3) is 0.118. The number of ether oxygens (including phenoxy) is 1. The molecule has 5 heteroatoms. The van der Waals surface area contributed by atoms with E-state index in [1.807, 2.05) is 34.9 Å². The standard InChI is InChI=1S/C17H14N2O3/c1-11(20)12-5-7-13(8-6-12)15-10-18-16(17(21)22-2)14-4-3-9-19(14)15/h3-10H,1-2H3. The van der Waals surface area contributed by atoms with E-state index in [2.05, 4.69) is 4.98 Å². The van der Waals surface area contributed by atoms with Gasteiger partial charge in [-0.05, 0) is 19.1 Å². The Bertz CT molecular complexity index is 863. The van der Waals surface area contributed by atoms with Crippen LogP contribution in [-0.4, -0.2) is 28.2 Å². The number of methoxy groups -OCH3 is 1. The molecule has 22 heavy (non-hydrogen) atoms. The van der Waals surface area contributed by atoms with Gasteiger partial charge >= 0.3 is 5.97 Å². The minimum absolute atomic E-state index is 0.0248. The van der Waals surface area contributed by atoms with Gasteiger partial charge in [0.1, 0.15) is 0 Å². The first kappa shape index (κ1) is 14.0. The molecular weight excluding hydrogens is 280 g/mol. The Morgan fingerprint density at radius 3 is 2.50 bits per heavy atom. The lowest BCUT2D eigenvalue weighted by Crippen LogP contribution is -2.07. The van der Waals surface area contributed by atoms with Crippen LogP contribution in [0.3, 0.4) is 0 Å². The molecule has 0 unspecified atom stereocenters. The molecule has 0 amide bonds. The first-order valence-electron chi connectivity index (χ1n) is 6.77. The van der Waals surface area contributed by atoms with Crippen LogP contribution in [0.4, 0.5) is 0 Å². The maximum atomic E-state index is 11.8. The first-order valence-corrected chi connectivity index (χ1v) is 6.77. The SMILES string of the molecule is COC(=O)c1ncc(-c2ccc(C(C)=O)cc2)n2cccc12. The second-order valence-electron chi connectivity index (χ2n) is 4.88. The smallest absolute Gasteiger partial charge is 0.358 e. The van der Waals surface area contributed by atoms with Gasteiger partial charge in [-0.15, -0.1) is 0 Å². The summed E-state index contributed by atoms with van der Waals surface area (Å²) < 4.78 is 6.63. The number of benzene rings is 1. The van der Waals surface area contributed by atoms with Crippen LogP contribution in [0.5, 0.6) is 0 Å². The Balaban J connectivity index is 2.14. The van der Waals surface area contributed by atoms with Crippen molar-refractivity contribution < 1.29 is 14.3 Å². The number of hydrogen-bond acceptors (Lipinski definition) is 4. The van der Waals surface area contributed by atoms with E-state index in [4.69, 9.17) is 4.74 Å². The molecule has 0 saturated carbocycles. The van der Waals surface area contributed by atoms with E-state index in [0.29, 0.717) is 11.1 Å². The Hall–Kier alpha value is -2.95. The van der Waals surface area contributed by atoms with E-state index in [0.717, 1.165) is 11.3 Å². The van der Waals surface area contributed by atoms with E-state index >= 15 is 0 Å². The highest BCUT2D eigenvalue weighted by molar-refractivity contribution is 5.96. The number of fused-ring (bicyclic) bond motifs is 1. The van der Waals surface area contributed by atoms with Crippen molar-refractivity contribution in [2.45, 2.75) is 6.92 Å². The van der Waals surface area contributed by atoms with Gasteiger partial charge in [0.15, 0.2) is 11.5 Å². The predicted octanol–water partition coefficient (Wildman–Crippen LogP) is 2.99. The molecule has 5 nitrogen and oxygen atoms in total. The molecule has 0 aliphatic rings. The highest BCUT2D eigenvalue weighted by Gasteiger charge is 2.15. The maximum Gasteiger partial charge on any atom is 0.358 e. The van der Waals surface area contributed by atoms with Crippen molar-refractivity contribution in [3.63, 3.8) is 0 Å². The van der Waals surface area contributed by atoms with Gasteiger partial charge in [-0.25, -0.2) is 9.78 Å². The average molecular weight is 294 g/mol. The third-order valence-corrected chi connectivity index (χ3v) is 3.53. The van der Waals surface area contributed by atoms with Crippen LogP contribution in [0.15, 0.2) is 48.8 Å². The van der Waals surface area contributed by atoms with Crippen LogP contribution in [-0.2, 0) is 4.74 Å². The largest absolute Gasteiger partial charge is 0.464 e. The third kappa shape index (κ3) is 2.26. The van der Waals surface area contributed by atoms with Gasteiger partial charge in [0, 0.05) is 17.3 Å². The average Bonchev–Trinajstić information content (AvgIpc) is 3.03. The van der Waals surface area contributed by atoms with Crippen LogP contribution in [0.25, 0.3) is 16.8 Å². The number of Topliss-reactive ketones (excluding diaryl/α,β-unsaturated/α-hetero) is 1. The third-order valence-electron chi connectivity index (χ3n) is 3.53. The van der Waals surface area contributed by atoms with Gasteiger partial charge in [0.25, 0.3) is 0 Å². The first-order chi connectivity index (χ1) is 10.6. The Morgan fingerprint density at radius 2 is 1.86 bits per heavy atom. The highest BCUT2D eigenvalue weighted by atomic mass is 16.5. The highest BCUT2D eigenvalue weighted by Crippen LogP contribution is 2.23. The number of carbonyl (C=O) groups is 2. The van der Waals surface area contributed by atoms with Crippen molar-refractivity contribution in [1.82, 2.24) is 9.38 Å². The molecule has 0 radical (unpaired) electrons. The monoisotopic (exact) mass is 294 g/mol. The molecular formula is C17H14N2O3. The van der Waals surface area contributed by atoms with Crippen molar-refractivity contribution in [2.24, 2.45) is 0 Å². The summed E-state index contributed by atoms with van der Waals surface area (Å²) >= 11 is 0. The fourth-order valence-corrected chi connectivity index (χ4v) is 2.38. The zero-order chi connectivity index (χ0) is 15.7. The predicted molar refractivity (Wildman–Crippen MR) is 82.0 cm³/mol. The number of esters is 1. The Morgan fingerprint density at radius 1 is 1.14 bits per heavy atom. The van der Waals surface area contributed by atoms with Gasteiger partial charge in [-0.1, -0.05) is 24.3 Å². The molecule has 110 valence electrons. The summed E-state index contributed by atoms with van der Waals surface area (Å²) in [7, 11) is 1.33. The van der Waals surface area contributed by atoms with Crippen LogP contribution >= 0.6 is 0 Å². The van der Waals surface area contributed by atoms with Crippen molar-refractivity contribution in [3.8, 4) is 11.3 Å². The lowest BCUT2D eigenvalue weighted by Gasteiger charge is -2.09. The topological polar surface area (TPSA) is 60.7 Å². The number of carbonyl (C=O) groups excluding carboxylic acids is 2. The van der Waals surface area contributed by atoms with Crippen LogP contribution in [0.1, 0.15) is 27.8 Å². The molecule has 3 rings (SSSR count). The fourth-order valence-electron chi connectivity index (χ4n) is 2.38. The molecule has 0 fully saturated rings. The van der Waals surface area contributed by atoms with Crippen molar-refractivity contribution in [3.05, 3.63) is 60.0 Å². The van der Waals surface area contributed by atoms with E-state index in [9.17, 15) is 9.59 Å². The van der Waals surface area contributed by atoms with E-state index < -0.39 is 5.97 Å². The van der Waals surface area contributed by atoms with Gasteiger partial charge in [0.05, 0.1) is 24.5 Å². The van der Waals surface area contributed by atoms with Crippen molar-refractivity contribution in [2.75, 3.05) is 7.11 Å². The summed E-state index contributed by atoms with van der Waals surface area (Å²) in [5.41, 5.74) is 3.36. The Labute approximate surface area is 127 Å². The molecule has 0 bridgehead atoms. The summed E-state index contributed by atoms with van der Waals surface area (Å²) in [6.45, 7) is 1.53. The summed E-state index contributed by atoms with van der Waals surface area (Å²) in [5, 5.41) is 0. The normalized spacial score (nSPS) is 10.6. The van der Waals surface area contributed by atoms with Gasteiger partial charge in [-0.2, -0.15) is 0 Å². The quantitative estimate of drug-likeness (QED) is 0.550. The molecule has 3 aromatic rings. The summed E-state index contributed by atoms with van der Waals surface area (Å²) in [4.78, 5) is 27.3. The van der Waals surface area contributed by atoms with E-state index in [1.54, 1.807) is 18.3 Å². The van der Waals surface area contributed by atoms with Gasteiger partial charge in [0.2, 0.25) is 0 Å². The lowest BCUT2D eigenvalue weighted by molar-refractivity contribution is 0.0596.